The van der Waals surface area contributed by atoms with Crippen LogP contribution in [0.2, 0.25) is 5.02 Å². The van der Waals surface area contributed by atoms with Gasteiger partial charge in [-0.15, -0.1) is 0 Å². The first kappa shape index (κ1) is 19.1. The van der Waals surface area contributed by atoms with E-state index in [-0.39, 0.29) is 17.7 Å². The first-order chi connectivity index (χ1) is 12.9. The number of carbonyl (C=O) groups is 1. The van der Waals surface area contributed by atoms with Crippen molar-refractivity contribution in [3.05, 3.63) is 62.3 Å². The monoisotopic (exact) mass is 446 g/mol. The summed E-state index contributed by atoms with van der Waals surface area (Å²) < 4.78 is 1.02. The summed E-state index contributed by atoms with van der Waals surface area (Å²) in [6.07, 6.45) is 5.80. The van der Waals surface area contributed by atoms with Crippen LogP contribution in [-0.2, 0) is 17.6 Å². The summed E-state index contributed by atoms with van der Waals surface area (Å²) in [6, 6.07) is 8.50. The van der Waals surface area contributed by atoms with E-state index >= 15 is 0 Å². The van der Waals surface area contributed by atoms with E-state index in [0.717, 1.165) is 41.7 Å². The molecule has 4 rings (SSSR count). The molecule has 0 bridgehead atoms. The van der Waals surface area contributed by atoms with Gasteiger partial charge in [0.05, 0.1) is 11.7 Å². The van der Waals surface area contributed by atoms with Gasteiger partial charge in [0.25, 0.3) is 0 Å². The van der Waals surface area contributed by atoms with E-state index in [1.165, 1.54) is 22.4 Å². The number of Topliss-reactive ketones (excluding diaryl/α,β-unsaturated/α-hetero) is 1. The van der Waals surface area contributed by atoms with Crippen molar-refractivity contribution in [1.82, 2.24) is 9.88 Å². The summed E-state index contributed by atoms with van der Waals surface area (Å²) in [7, 11) is 2.06. The lowest BCUT2D eigenvalue weighted by atomic mass is 9.74. The number of likely N-dealkylation sites (tertiary alicyclic amines) is 1. The molecule has 0 saturated carbocycles. The third kappa shape index (κ3) is 3.72. The number of hydrogen-bond donors (Lipinski definition) is 0. The van der Waals surface area contributed by atoms with Gasteiger partial charge in [0, 0.05) is 21.6 Å². The second kappa shape index (κ2) is 7.65. The predicted molar refractivity (Wildman–Crippen MR) is 112 cm³/mol. The molecule has 1 aromatic heterocycles. The number of ketones is 1. The molecule has 1 saturated heterocycles. The number of hydrogen-bond acceptors (Lipinski definition) is 3. The highest BCUT2D eigenvalue weighted by Crippen LogP contribution is 2.44. The Bertz CT molecular complexity index is 831. The fourth-order valence-electron chi connectivity index (χ4n) is 4.85. The van der Waals surface area contributed by atoms with Gasteiger partial charge < -0.3 is 0 Å². The standard InChI is InChI=1S/C22H24BrClN2O/c1-13(27)20-11-15(7-8-26(20)2)21-19-6-5-18(24)10-14(19)3-4-16-9-17(23)12-25-22(16)21/h5-6,9-10,12,15,20-21H,3-4,7-8,11H2,1-2H3/t15?,20-,21-/m1/s1. The average Bonchev–Trinajstić information content (AvgIpc) is 2.78. The summed E-state index contributed by atoms with van der Waals surface area (Å²) >= 11 is 9.89. The molecule has 2 aromatic rings. The van der Waals surface area contributed by atoms with Crippen LogP contribution < -0.4 is 0 Å². The van der Waals surface area contributed by atoms with Crippen molar-refractivity contribution in [2.24, 2.45) is 5.92 Å². The van der Waals surface area contributed by atoms with Crippen molar-refractivity contribution in [2.45, 2.75) is 44.6 Å². The van der Waals surface area contributed by atoms with Crippen molar-refractivity contribution in [1.29, 1.82) is 0 Å². The predicted octanol–water partition coefficient (Wildman–Crippen LogP) is 5.03. The Labute approximate surface area is 174 Å². The van der Waals surface area contributed by atoms with Gasteiger partial charge in [0.15, 0.2) is 0 Å². The zero-order valence-corrected chi connectivity index (χ0v) is 18.1. The summed E-state index contributed by atoms with van der Waals surface area (Å²) in [5, 5.41) is 0.789. The van der Waals surface area contributed by atoms with Crippen LogP contribution >= 0.6 is 27.5 Å². The number of aromatic nitrogens is 1. The van der Waals surface area contributed by atoms with Crippen LogP contribution in [0.5, 0.6) is 0 Å². The highest BCUT2D eigenvalue weighted by molar-refractivity contribution is 9.10. The molecule has 1 aliphatic heterocycles. The molecule has 0 amide bonds. The van der Waals surface area contributed by atoms with Crippen molar-refractivity contribution < 1.29 is 4.79 Å². The number of halogens is 2. The van der Waals surface area contributed by atoms with Gasteiger partial charge in [-0.25, -0.2) is 0 Å². The molecule has 1 aromatic carbocycles. The van der Waals surface area contributed by atoms with Gasteiger partial charge in [0.2, 0.25) is 0 Å². The molecule has 0 radical (unpaired) electrons. The molecule has 2 heterocycles. The van der Waals surface area contributed by atoms with E-state index < -0.39 is 0 Å². The van der Waals surface area contributed by atoms with Gasteiger partial charge in [-0.3, -0.25) is 14.7 Å². The van der Waals surface area contributed by atoms with Gasteiger partial charge >= 0.3 is 0 Å². The highest BCUT2D eigenvalue weighted by Gasteiger charge is 2.37. The van der Waals surface area contributed by atoms with Gasteiger partial charge in [-0.05, 0) is 103 Å². The Balaban J connectivity index is 1.82. The van der Waals surface area contributed by atoms with Crippen molar-refractivity contribution in [2.75, 3.05) is 13.6 Å². The highest BCUT2D eigenvalue weighted by atomic mass is 79.9. The summed E-state index contributed by atoms with van der Waals surface area (Å²) in [5.74, 6) is 0.884. The molecule has 3 nitrogen and oxygen atoms in total. The van der Waals surface area contributed by atoms with Crippen LogP contribution in [0.4, 0.5) is 0 Å². The van der Waals surface area contributed by atoms with Gasteiger partial charge in [-0.1, -0.05) is 17.7 Å². The molecule has 0 N–H and O–H groups in total. The molecule has 142 valence electrons. The zero-order valence-electron chi connectivity index (χ0n) is 15.7. The smallest absolute Gasteiger partial charge is 0.146 e. The maximum Gasteiger partial charge on any atom is 0.146 e. The van der Waals surface area contributed by atoms with Crippen LogP contribution in [0, 0.1) is 5.92 Å². The number of piperidine rings is 1. The van der Waals surface area contributed by atoms with Crippen LogP contribution in [0.3, 0.4) is 0 Å². The fraction of sp³-hybridized carbons (Fsp3) is 0.455. The lowest BCUT2D eigenvalue weighted by Crippen LogP contribution is -2.45. The number of benzene rings is 1. The number of fused-ring (bicyclic) bond motifs is 2. The Hall–Kier alpha value is -1.23. The molecule has 0 spiro atoms. The third-order valence-electron chi connectivity index (χ3n) is 6.22. The minimum atomic E-state index is 0.00153. The Morgan fingerprint density at radius 2 is 2.04 bits per heavy atom. The van der Waals surface area contributed by atoms with E-state index in [0.29, 0.717) is 5.92 Å². The van der Waals surface area contributed by atoms with E-state index in [4.69, 9.17) is 16.6 Å². The van der Waals surface area contributed by atoms with Crippen LogP contribution in [0.25, 0.3) is 0 Å². The van der Waals surface area contributed by atoms with Crippen LogP contribution in [0.15, 0.2) is 34.9 Å². The number of likely N-dealkylation sites (N-methyl/N-ethyl adjacent to an activating group) is 1. The Morgan fingerprint density at radius 1 is 1.26 bits per heavy atom. The molecule has 5 heteroatoms. The molecule has 2 aliphatic rings. The molecule has 3 atom stereocenters. The van der Waals surface area contributed by atoms with E-state index in [2.05, 4.69) is 46.1 Å². The van der Waals surface area contributed by atoms with Crippen LogP contribution in [0.1, 0.15) is 48.1 Å². The lowest BCUT2D eigenvalue weighted by molar-refractivity contribution is -0.123. The van der Waals surface area contributed by atoms with Crippen molar-refractivity contribution >= 4 is 33.3 Å². The largest absolute Gasteiger partial charge is 0.298 e. The first-order valence-corrected chi connectivity index (χ1v) is 10.7. The fourth-order valence-corrected chi connectivity index (χ4v) is 5.42. The molecule has 1 unspecified atom stereocenters. The number of pyridine rings is 1. The topological polar surface area (TPSA) is 33.2 Å². The van der Waals surface area contributed by atoms with E-state index in [1.54, 1.807) is 6.92 Å². The summed E-state index contributed by atoms with van der Waals surface area (Å²) in [6.45, 7) is 2.66. The second-order valence-electron chi connectivity index (χ2n) is 7.91. The van der Waals surface area contributed by atoms with E-state index in [9.17, 15) is 4.79 Å². The third-order valence-corrected chi connectivity index (χ3v) is 6.89. The van der Waals surface area contributed by atoms with E-state index in [1.807, 2.05) is 12.3 Å². The maximum absolute atomic E-state index is 12.2. The minimum Gasteiger partial charge on any atom is -0.298 e. The molecule has 1 aliphatic carbocycles. The number of nitrogens with zero attached hydrogens (tertiary/aromatic N) is 2. The molecule has 1 fully saturated rings. The van der Waals surface area contributed by atoms with Crippen LogP contribution in [-0.4, -0.2) is 35.3 Å². The lowest BCUT2D eigenvalue weighted by Gasteiger charge is -2.39. The maximum atomic E-state index is 12.2. The Morgan fingerprint density at radius 3 is 2.81 bits per heavy atom. The minimum absolute atomic E-state index is 0.00153. The Kier molecular flexibility index (Phi) is 5.41. The molecular formula is C22H24BrClN2O. The summed E-state index contributed by atoms with van der Waals surface area (Å²) in [4.78, 5) is 19.3. The molecule has 27 heavy (non-hydrogen) atoms. The summed E-state index contributed by atoms with van der Waals surface area (Å²) in [5.41, 5.74) is 5.14. The number of aryl methyl sites for hydroxylation is 2. The quantitative estimate of drug-likeness (QED) is 0.647. The van der Waals surface area contributed by atoms with Crippen molar-refractivity contribution in [3.8, 4) is 0 Å². The first-order valence-electron chi connectivity index (χ1n) is 9.57. The molecular weight excluding hydrogens is 424 g/mol. The number of rotatable bonds is 2. The van der Waals surface area contributed by atoms with Crippen molar-refractivity contribution in [3.63, 3.8) is 0 Å². The normalized spacial score (nSPS) is 25.4. The average molecular weight is 448 g/mol. The second-order valence-corrected chi connectivity index (χ2v) is 9.26. The van der Waals surface area contributed by atoms with Gasteiger partial charge in [0.1, 0.15) is 5.78 Å². The zero-order chi connectivity index (χ0) is 19.1. The number of carbonyl (C=O) groups excluding carboxylic acids is 1. The van der Waals surface area contributed by atoms with Gasteiger partial charge in [-0.2, -0.15) is 0 Å². The SMILES string of the molecule is CC(=O)[C@H]1CC([C@@H]2c3ccc(Cl)cc3CCc3cc(Br)cnc32)CCN1C.